The highest BCUT2D eigenvalue weighted by molar-refractivity contribution is 8.15. The quantitative estimate of drug-likeness (QED) is 0.521. The number of nitrogens with one attached hydrogen (secondary N) is 1. The summed E-state index contributed by atoms with van der Waals surface area (Å²) in [6.45, 7) is 0. The number of nitrogens with zero attached hydrogens (tertiary/aromatic N) is 3. The molecule has 0 aliphatic carbocycles. The largest absolute Gasteiger partial charge is 0.235 e. The minimum atomic E-state index is -0.150. The van der Waals surface area contributed by atoms with Crippen molar-refractivity contribution in [2.24, 2.45) is 0 Å². The van der Waals surface area contributed by atoms with Gasteiger partial charge in [0.25, 0.3) is 0 Å². The van der Waals surface area contributed by atoms with Crippen molar-refractivity contribution < 1.29 is 0 Å². The zero-order valence-electron chi connectivity index (χ0n) is 4.79. The fourth-order valence-corrected chi connectivity index (χ4v) is 0.807. The van der Waals surface area contributed by atoms with E-state index in [4.69, 9.17) is 0 Å². The van der Waals surface area contributed by atoms with Gasteiger partial charge in [0.05, 0.1) is 0 Å². The van der Waals surface area contributed by atoms with Crippen LogP contribution < -0.4 is 0 Å². The lowest BCUT2D eigenvalue weighted by Crippen LogP contribution is -1.79. The predicted molar refractivity (Wildman–Crippen MR) is 33.3 cm³/mol. The molecule has 0 aromatic carbocycles. The van der Waals surface area contributed by atoms with E-state index in [-0.39, 0.29) is 10.9 Å². The van der Waals surface area contributed by atoms with E-state index in [1.54, 1.807) is 0 Å². The van der Waals surface area contributed by atoms with Crippen LogP contribution in [0.4, 0.5) is 0 Å². The van der Waals surface area contributed by atoms with Crippen molar-refractivity contribution in [2.75, 3.05) is 12.5 Å². The third-order valence-corrected chi connectivity index (χ3v) is 1.79. The standard InChI is InChI=1S/C3H8N4S/c1-8(2)3-4-6-7-5-3/h8H,1-2H3,(H,4,5,6,7). The lowest BCUT2D eigenvalue weighted by atomic mass is 11.4. The molecule has 0 aliphatic rings. The molecule has 46 valence electrons. The summed E-state index contributed by atoms with van der Waals surface area (Å²) in [5.74, 6) is 0. The average Bonchev–Trinajstić information content (AvgIpc) is 2.12. The normalized spacial score (nSPS) is 11.5. The van der Waals surface area contributed by atoms with Crippen LogP contribution in [0.3, 0.4) is 0 Å². The van der Waals surface area contributed by atoms with Gasteiger partial charge in [-0.15, -0.1) is 5.10 Å². The van der Waals surface area contributed by atoms with Crippen LogP contribution in [0.5, 0.6) is 0 Å². The van der Waals surface area contributed by atoms with E-state index in [1.165, 1.54) is 0 Å². The van der Waals surface area contributed by atoms with Gasteiger partial charge in [-0.2, -0.15) is 10.9 Å². The van der Waals surface area contributed by atoms with Gasteiger partial charge in [-0.1, -0.05) is 0 Å². The van der Waals surface area contributed by atoms with Gasteiger partial charge in [-0.25, -0.2) is 5.10 Å². The van der Waals surface area contributed by atoms with Crippen molar-refractivity contribution in [3.05, 3.63) is 0 Å². The first-order chi connectivity index (χ1) is 3.80. The number of aromatic amines is 1. The van der Waals surface area contributed by atoms with Gasteiger partial charge < -0.3 is 0 Å². The Kier molecular flexibility index (Phi) is 1.48. The minimum Gasteiger partial charge on any atom is -0.235 e. The van der Waals surface area contributed by atoms with Crippen LogP contribution in [-0.4, -0.2) is 33.1 Å². The Bertz CT molecular complexity index is 146. The lowest BCUT2D eigenvalue weighted by molar-refractivity contribution is 0.881. The zero-order chi connectivity index (χ0) is 5.98. The number of tetrazole rings is 1. The van der Waals surface area contributed by atoms with Crippen molar-refractivity contribution in [3.8, 4) is 0 Å². The Labute approximate surface area is 50.0 Å². The molecule has 1 heterocycles. The van der Waals surface area contributed by atoms with E-state index in [0.717, 1.165) is 5.16 Å². The van der Waals surface area contributed by atoms with Gasteiger partial charge in [0.2, 0.25) is 0 Å². The Morgan fingerprint density at radius 1 is 1.50 bits per heavy atom. The molecule has 5 heteroatoms. The van der Waals surface area contributed by atoms with Crippen LogP contribution in [0.2, 0.25) is 0 Å². The van der Waals surface area contributed by atoms with Crippen LogP contribution in [0.15, 0.2) is 5.16 Å². The van der Waals surface area contributed by atoms with Crippen molar-refractivity contribution in [3.63, 3.8) is 0 Å². The molecule has 0 fully saturated rings. The summed E-state index contributed by atoms with van der Waals surface area (Å²) in [5.41, 5.74) is 0. The molecule has 0 spiro atoms. The van der Waals surface area contributed by atoms with Crippen LogP contribution in [0.1, 0.15) is 0 Å². The van der Waals surface area contributed by atoms with Crippen molar-refractivity contribution in [1.82, 2.24) is 20.6 Å². The van der Waals surface area contributed by atoms with Crippen LogP contribution in [-0.2, 0) is 0 Å². The molecule has 0 saturated heterocycles. The molecule has 0 atom stereocenters. The maximum Gasteiger partial charge on any atom is 0.186 e. The monoisotopic (exact) mass is 132 g/mol. The first-order valence-electron chi connectivity index (χ1n) is 2.22. The Hall–Kier alpha value is -0.580. The number of aromatic nitrogens is 4. The SMILES string of the molecule is C[SH](C)c1nnn[nH]1. The molecule has 0 amide bonds. The molecule has 0 aliphatic heterocycles. The fourth-order valence-electron chi connectivity index (χ4n) is 0.344. The van der Waals surface area contributed by atoms with Gasteiger partial charge in [0.1, 0.15) is 0 Å². The highest BCUT2D eigenvalue weighted by Crippen LogP contribution is 2.20. The highest BCUT2D eigenvalue weighted by Gasteiger charge is 1.95. The molecule has 0 radical (unpaired) electrons. The molecule has 0 saturated carbocycles. The number of hydrogen-bond acceptors (Lipinski definition) is 3. The molecule has 1 aromatic rings. The van der Waals surface area contributed by atoms with Crippen LogP contribution in [0, 0.1) is 0 Å². The summed E-state index contributed by atoms with van der Waals surface area (Å²) in [5, 5.41) is 14.2. The van der Waals surface area contributed by atoms with E-state index in [9.17, 15) is 0 Å². The first kappa shape index (κ1) is 5.55. The summed E-state index contributed by atoms with van der Waals surface area (Å²) in [4.78, 5) is 0. The van der Waals surface area contributed by atoms with E-state index in [2.05, 4.69) is 33.1 Å². The molecule has 1 rings (SSSR count). The molecule has 4 nitrogen and oxygen atoms in total. The molecular weight excluding hydrogens is 124 g/mol. The van der Waals surface area contributed by atoms with Crippen LogP contribution in [0.25, 0.3) is 0 Å². The average molecular weight is 132 g/mol. The van der Waals surface area contributed by atoms with E-state index in [1.807, 2.05) is 0 Å². The third-order valence-electron chi connectivity index (χ3n) is 0.758. The summed E-state index contributed by atoms with van der Waals surface area (Å²) in [6.07, 6.45) is 4.19. The summed E-state index contributed by atoms with van der Waals surface area (Å²) in [6, 6.07) is 0. The van der Waals surface area contributed by atoms with Gasteiger partial charge >= 0.3 is 0 Å². The molecular formula is C3H8N4S. The number of thiol groups is 1. The second kappa shape index (κ2) is 2.13. The maximum absolute atomic E-state index is 3.73. The summed E-state index contributed by atoms with van der Waals surface area (Å²) in [7, 11) is -0.150. The predicted octanol–water partition coefficient (Wildman–Crippen LogP) is -0.181. The third kappa shape index (κ3) is 0.975. The van der Waals surface area contributed by atoms with Gasteiger partial charge in [-0.05, 0) is 22.9 Å². The minimum absolute atomic E-state index is 0.150. The second-order valence-electron chi connectivity index (χ2n) is 1.62. The second-order valence-corrected chi connectivity index (χ2v) is 3.83. The van der Waals surface area contributed by atoms with Crippen molar-refractivity contribution >= 4 is 10.9 Å². The number of rotatable bonds is 1. The Morgan fingerprint density at radius 2 is 2.25 bits per heavy atom. The van der Waals surface area contributed by atoms with Crippen LogP contribution >= 0.6 is 10.9 Å². The molecule has 0 bridgehead atoms. The summed E-state index contributed by atoms with van der Waals surface area (Å²) < 4.78 is 0. The summed E-state index contributed by atoms with van der Waals surface area (Å²) >= 11 is 0. The molecule has 1 aromatic heterocycles. The molecule has 0 unspecified atom stereocenters. The first-order valence-corrected chi connectivity index (χ1v) is 4.45. The van der Waals surface area contributed by atoms with Crippen molar-refractivity contribution in [2.45, 2.75) is 5.16 Å². The van der Waals surface area contributed by atoms with E-state index in [0.29, 0.717) is 0 Å². The topological polar surface area (TPSA) is 54.5 Å². The highest BCUT2D eigenvalue weighted by atomic mass is 32.2. The van der Waals surface area contributed by atoms with E-state index >= 15 is 0 Å². The van der Waals surface area contributed by atoms with E-state index < -0.39 is 0 Å². The smallest absolute Gasteiger partial charge is 0.186 e. The Balaban J connectivity index is 2.77. The number of H-pyrrole nitrogens is 1. The lowest BCUT2D eigenvalue weighted by Gasteiger charge is -1.98. The zero-order valence-corrected chi connectivity index (χ0v) is 5.68. The molecule has 1 N–H and O–H groups in total. The van der Waals surface area contributed by atoms with Gasteiger partial charge in [0, 0.05) is 0 Å². The van der Waals surface area contributed by atoms with Gasteiger partial charge in [-0.3, -0.25) is 0 Å². The molecule has 8 heavy (non-hydrogen) atoms. The fraction of sp³-hybridized carbons (Fsp3) is 0.667. The Morgan fingerprint density at radius 3 is 2.50 bits per heavy atom. The maximum atomic E-state index is 3.73. The number of hydrogen-bond donors (Lipinski definition) is 2. The van der Waals surface area contributed by atoms with Gasteiger partial charge in [0.15, 0.2) is 5.16 Å². The van der Waals surface area contributed by atoms with Crippen molar-refractivity contribution in [1.29, 1.82) is 0 Å².